The average molecular weight is 325 g/mol. The molecule has 24 heavy (non-hydrogen) atoms. The molecule has 0 saturated carbocycles. The highest BCUT2D eigenvalue weighted by atomic mass is 19.1. The number of hydrogen-bond acceptors (Lipinski definition) is 2. The fraction of sp³-hybridized carbons (Fsp3) is 0.429. The highest BCUT2D eigenvalue weighted by Crippen LogP contribution is 2.36. The maximum absolute atomic E-state index is 13.3. The Hall–Kier alpha value is -1.71. The van der Waals surface area contributed by atoms with Crippen molar-refractivity contribution in [3.05, 3.63) is 70.0 Å². The Labute approximate surface area is 142 Å². The summed E-state index contributed by atoms with van der Waals surface area (Å²) in [7, 11) is 0. The molecule has 2 aromatic rings. The van der Waals surface area contributed by atoms with Crippen LogP contribution in [-0.2, 0) is 31.4 Å². The molecule has 0 bridgehead atoms. The first-order valence-electron chi connectivity index (χ1n) is 8.97. The van der Waals surface area contributed by atoms with Gasteiger partial charge < -0.3 is 10.4 Å². The molecular weight excluding hydrogens is 301 g/mol. The summed E-state index contributed by atoms with van der Waals surface area (Å²) in [4.78, 5) is 0. The van der Waals surface area contributed by atoms with Crippen molar-refractivity contribution < 1.29 is 9.50 Å². The summed E-state index contributed by atoms with van der Waals surface area (Å²) >= 11 is 0. The molecule has 0 fully saturated rings. The van der Waals surface area contributed by atoms with Crippen LogP contribution in [0.2, 0.25) is 0 Å². The van der Waals surface area contributed by atoms with Crippen LogP contribution >= 0.6 is 0 Å². The summed E-state index contributed by atoms with van der Waals surface area (Å²) < 4.78 is 13.3. The van der Waals surface area contributed by atoms with E-state index in [4.69, 9.17) is 0 Å². The molecule has 1 atom stereocenters. The van der Waals surface area contributed by atoms with E-state index in [0.717, 1.165) is 24.1 Å². The largest absolute Gasteiger partial charge is 0.384 e. The molecule has 0 amide bonds. The lowest BCUT2D eigenvalue weighted by atomic mass is 9.90. The Morgan fingerprint density at radius 3 is 2.67 bits per heavy atom. The average Bonchev–Trinajstić information content (AvgIpc) is 2.91. The second-order valence-electron chi connectivity index (χ2n) is 7.25. The minimum absolute atomic E-state index is 0.222. The fourth-order valence-corrected chi connectivity index (χ4v) is 4.19. The van der Waals surface area contributed by atoms with Crippen molar-refractivity contribution in [2.24, 2.45) is 0 Å². The number of aryl methyl sites for hydroxylation is 3. The van der Waals surface area contributed by atoms with Crippen LogP contribution in [0.3, 0.4) is 0 Å². The maximum atomic E-state index is 13.3. The number of aliphatic hydroxyl groups is 1. The van der Waals surface area contributed by atoms with Crippen molar-refractivity contribution in [1.82, 2.24) is 5.32 Å². The van der Waals surface area contributed by atoms with Crippen LogP contribution in [0.25, 0.3) is 0 Å². The Morgan fingerprint density at radius 2 is 1.79 bits per heavy atom. The summed E-state index contributed by atoms with van der Waals surface area (Å²) in [6.45, 7) is 1.26. The van der Waals surface area contributed by atoms with Gasteiger partial charge >= 0.3 is 0 Å². The van der Waals surface area contributed by atoms with E-state index in [1.807, 2.05) is 0 Å². The third kappa shape index (κ3) is 2.99. The smallest absolute Gasteiger partial charge is 0.123 e. The van der Waals surface area contributed by atoms with Crippen LogP contribution in [0, 0.1) is 5.82 Å². The molecule has 2 aliphatic carbocycles. The van der Waals surface area contributed by atoms with E-state index < -0.39 is 5.60 Å². The summed E-state index contributed by atoms with van der Waals surface area (Å²) in [5.74, 6) is -0.222. The van der Waals surface area contributed by atoms with Crippen molar-refractivity contribution >= 4 is 0 Å². The number of hydrogen-bond donors (Lipinski definition) is 2. The molecule has 1 unspecified atom stereocenters. The third-order valence-electron chi connectivity index (χ3n) is 5.54. The van der Waals surface area contributed by atoms with Gasteiger partial charge in [-0.05, 0) is 78.5 Å². The zero-order valence-electron chi connectivity index (χ0n) is 13.9. The Balaban J connectivity index is 1.41. The molecule has 0 aromatic heterocycles. The van der Waals surface area contributed by atoms with E-state index in [9.17, 15) is 9.50 Å². The summed E-state index contributed by atoms with van der Waals surface area (Å²) in [5.41, 5.74) is 5.19. The van der Waals surface area contributed by atoms with Crippen molar-refractivity contribution in [2.45, 2.75) is 50.7 Å². The first-order valence-corrected chi connectivity index (χ1v) is 8.97. The first kappa shape index (κ1) is 15.8. The lowest BCUT2D eigenvalue weighted by Crippen LogP contribution is -2.36. The van der Waals surface area contributed by atoms with Crippen LogP contribution in [0.5, 0.6) is 0 Å². The molecular formula is C21H24FNO. The van der Waals surface area contributed by atoms with Gasteiger partial charge in [0.1, 0.15) is 11.4 Å². The molecule has 2 nitrogen and oxygen atoms in total. The summed E-state index contributed by atoms with van der Waals surface area (Å²) in [6, 6.07) is 11.5. The molecule has 3 heteroatoms. The number of fused-ring (bicyclic) bond motifs is 2. The second-order valence-corrected chi connectivity index (χ2v) is 7.25. The molecule has 0 heterocycles. The Bertz CT molecular complexity index is 757. The zero-order valence-corrected chi connectivity index (χ0v) is 13.9. The normalized spacial score (nSPS) is 22.2. The van der Waals surface area contributed by atoms with E-state index in [0.29, 0.717) is 13.0 Å². The standard InChI is InChI=1S/C21H24FNO/c22-19-7-8-20-18(12-19)9-10-21(20,24)14-23-13-15-5-6-16-3-1-2-4-17(16)11-15/h5-8,11-12,23-24H,1-4,9-10,13-14H2. The van der Waals surface area contributed by atoms with Gasteiger partial charge in [0.15, 0.2) is 0 Å². The van der Waals surface area contributed by atoms with Crippen molar-refractivity contribution in [3.8, 4) is 0 Å². The van der Waals surface area contributed by atoms with Crippen LogP contribution in [-0.4, -0.2) is 11.7 Å². The van der Waals surface area contributed by atoms with Crippen LogP contribution in [0.4, 0.5) is 4.39 Å². The predicted molar refractivity (Wildman–Crippen MR) is 93.4 cm³/mol. The lowest BCUT2D eigenvalue weighted by molar-refractivity contribution is 0.0384. The zero-order chi connectivity index (χ0) is 16.6. The van der Waals surface area contributed by atoms with Crippen molar-refractivity contribution in [2.75, 3.05) is 6.54 Å². The highest BCUT2D eigenvalue weighted by Gasteiger charge is 2.36. The van der Waals surface area contributed by atoms with E-state index in [1.54, 1.807) is 12.1 Å². The van der Waals surface area contributed by atoms with Crippen LogP contribution in [0.15, 0.2) is 36.4 Å². The quantitative estimate of drug-likeness (QED) is 0.900. The molecule has 0 spiro atoms. The van der Waals surface area contributed by atoms with E-state index in [-0.39, 0.29) is 5.82 Å². The first-order chi connectivity index (χ1) is 11.6. The molecule has 0 radical (unpaired) electrons. The molecule has 2 aliphatic rings. The van der Waals surface area contributed by atoms with Crippen LogP contribution in [0.1, 0.15) is 47.1 Å². The molecule has 4 rings (SSSR count). The number of rotatable bonds is 4. The minimum Gasteiger partial charge on any atom is -0.384 e. The number of halogens is 1. The van der Waals surface area contributed by atoms with Gasteiger partial charge in [0.05, 0.1) is 0 Å². The SMILES string of the molecule is OC1(CNCc2ccc3c(c2)CCCC3)CCc2cc(F)ccc21. The fourth-order valence-electron chi connectivity index (χ4n) is 4.19. The van der Waals surface area contributed by atoms with Gasteiger partial charge in [-0.25, -0.2) is 4.39 Å². The van der Waals surface area contributed by atoms with Gasteiger partial charge in [-0.15, -0.1) is 0 Å². The Morgan fingerprint density at radius 1 is 0.958 bits per heavy atom. The molecule has 0 saturated heterocycles. The van der Waals surface area contributed by atoms with Gasteiger partial charge in [0, 0.05) is 13.1 Å². The molecule has 2 aromatic carbocycles. The van der Waals surface area contributed by atoms with Crippen molar-refractivity contribution in [1.29, 1.82) is 0 Å². The van der Waals surface area contributed by atoms with E-state index in [1.165, 1.54) is 48.4 Å². The molecule has 0 aliphatic heterocycles. The van der Waals surface area contributed by atoms with Gasteiger partial charge in [0.25, 0.3) is 0 Å². The van der Waals surface area contributed by atoms with Crippen molar-refractivity contribution in [3.63, 3.8) is 0 Å². The Kier molecular flexibility index (Phi) is 4.15. The predicted octanol–water partition coefficient (Wildman–Crippen LogP) is 3.63. The third-order valence-corrected chi connectivity index (χ3v) is 5.54. The highest BCUT2D eigenvalue weighted by molar-refractivity contribution is 5.38. The summed E-state index contributed by atoms with van der Waals surface area (Å²) in [6.07, 6.45) is 6.38. The van der Waals surface area contributed by atoms with Gasteiger partial charge in [-0.1, -0.05) is 24.3 Å². The molecule has 126 valence electrons. The minimum atomic E-state index is -0.878. The molecule has 2 N–H and O–H groups in total. The van der Waals surface area contributed by atoms with Gasteiger partial charge in [-0.3, -0.25) is 0 Å². The maximum Gasteiger partial charge on any atom is 0.123 e. The van der Waals surface area contributed by atoms with Gasteiger partial charge in [-0.2, -0.15) is 0 Å². The van der Waals surface area contributed by atoms with Crippen LogP contribution < -0.4 is 5.32 Å². The lowest BCUT2D eigenvalue weighted by Gasteiger charge is -2.25. The van der Waals surface area contributed by atoms with E-state index in [2.05, 4.69) is 23.5 Å². The number of nitrogens with one attached hydrogen (secondary N) is 1. The second kappa shape index (κ2) is 6.30. The van der Waals surface area contributed by atoms with Gasteiger partial charge in [0.2, 0.25) is 0 Å². The number of benzene rings is 2. The topological polar surface area (TPSA) is 32.3 Å². The monoisotopic (exact) mass is 325 g/mol. The van der Waals surface area contributed by atoms with E-state index >= 15 is 0 Å². The summed E-state index contributed by atoms with van der Waals surface area (Å²) in [5, 5.41) is 14.3.